The molecule has 0 fully saturated rings. The van der Waals surface area contributed by atoms with Gasteiger partial charge in [-0.3, -0.25) is 15.0 Å². The van der Waals surface area contributed by atoms with E-state index in [9.17, 15) is 9.18 Å². The first-order valence-corrected chi connectivity index (χ1v) is 8.35. The Kier molecular flexibility index (Phi) is 5.71. The van der Waals surface area contributed by atoms with Gasteiger partial charge in [0.05, 0.1) is 0 Å². The fourth-order valence-electron chi connectivity index (χ4n) is 3.04. The zero-order valence-corrected chi connectivity index (χ0v) is 14.1. The second-order valence-electron chi connectivity index (χ2n) is 6.01. The number of allylic oxidation sites excluding steroid dienone is 6. The molecule has 1 aromatic heterocycles. The van der Waals surface area contributed by atoms with Gasteiger partial charge in [-0.2, -0.15) is 0 Å². The normalized spacial score (nSPS) is 14.8. The lowest BCUT2D eigenvalue weighted by atomic mass is 9.86. The SMILES string of the molecule is O=C(CC(C1=CC=C(c2ncccc2F)C=CC1)c1ccccc1)NO. The smallest absolute Gasteiger partial charge is 0.244 e. The number of carbonyl (C=O) groups excluding carboxylic acids is 1. The summed E-state index contributed by atoms with van der Waals surface area (Å²) in [6.07, 6.45) is 9.80. The highest BCUT2D eigenvalue weighted by Gasteiger charge is 2.20. The summed E-state index contributed by atoms with van der Waals surface area (Å²) in [5.41, 5.74) is 4.66. The summed E-state index contributed by atoms with van der Waals surface area (Å²) in [6, 6.07) is 12.6. The van der Waals surface area contributed by atoms with Crippen LogP contribution >= 0.6 is 0 Å². The number of halogens is 1. The van der Waals surface area contributed by atoms with Crippen molar-refractivity contribution in [2.45, 2.75) is 18.8 Å². The quantitative estimate of drug-likeness (QED) is 0.628. The molecule has 2 aromatic rings. The molecule has 0 aliphatic heterocycles. The van der Waals surface area contributed by atoms with E-state index in [1.807, 2.05) is 54.6 Å². The molecule has 1 unspecified atom stereocenters. The molecule has 1 heterocycles. The molecule has 1 atom stereocenters. The number of aromatic nitrogens is 1. The summed E-state index contributed by atoms with van der Waals surface area (Å²) in [6.45, 7) is 0. The summed E-state index contributed by atoms with van der Waals surface area (Å²) in [7, 11) is 0. The molecular weight excluding hydrogens is 331 g/mol. The van der Waals surface area contributed by atoms with Crippen LogP contribution in [0.25, 0.3) is 5.57 Å². The van der Waals surface area contributed by atoms with Crippen LogP contribution in [0.4, 0.5) is 4.39 Å². The Morgan fingerprint density at radius 1 is 1.19 bits per heavy atom. The summed E-state index contributed by atoms with van der Waals surface area (Å²) in [5.74, 6) is -1.01. The van der Waals surface area contributed by atoms with E-state index >= 15 is 0 Å². The van der Waals surface area contributed by atoms with Gasteiger partial charge in [0.2, 0.25) is 5.91 Å². The highest BCUT2D eigenvalue weighted by atomic mass is 19.1. The third kappa shape index (κ3) is 4.13. The summed E-state index contributed by atoms with van der Waals surface area (Å²) in [4.78, 5) is 15.9. The largest absolute Gasteiger partial charge is 0.289 e. The van der Waals surface area contributed by atoms with Gasteiger partial charge in [-0.25, -0.2) is 9.87 Å². The van der Waals surface area contributed by atoms with E-state index < -0.39 is 5.91 Å². The maximum atomic E-state index is 14.0. The zero-order valence-electron chi connectivity index (χ0n) is 14.1. The second-order valence-corrected chi connectivity index (χ2v) is 6.01. The summed E-state index contributed by atoms with van der Waals surface area (Å²) >= 11 is 0. The maximum absolute atomic E-state index is 14.0. The second kappa shape index (κ2) is 8.36. The van der Waals surface area contributed by atoms with Crippen LogP contribution in [-0.2, 0) is 4.79 Å². The molecule has 3 rings (SSSR count). The van der Waals surface area contributed by atoms with Crippen LogP contribution in [-0.4, -0.2) is 16.1 Å². The van der Waals surface area contributed by atoms with E-state index in [0.29, 0.717) is 17.7 Å². The molecular formula is C21H19FN2O2. The number of nitrogens with one attached hydrogen (secondary N) is 1. The molecule has 26 heavy (non-hydrogen) atoms. The topological polar surface area (TPSA) is 62.2 Å². The average Bonchev–Trinajstić information content (AvgIpc) is 2.93. The highest BCUT2D eigenvalue weighted by Crippen LogP contribution is 2.32. The molecule has 5 heteroatoms. The van der Waals surface area contributed by atoms with Crippen molar-refractivity contribution in [3.05, 3.63) is 95.6 Å². The number of benzene rings is 1. The Balaban J connectivity index is 1.96. The molecule has 2 N–H and O–H groups in total. The van der Waals surface area contributed by atoms with Crippen molar-refractivity contribution in [2.75, 3.05) is 0 Å². The van der Waals surface area contributed by atoms with Gasteiger partial charge in [-0.15, -0.1) is 0 Å². The first-order valence-electron chi connectivity index (χ1n) is 8.35. The van der Waals surface area contributed by atoms with Crippen LogP contribution in [0.15, 0.2) is 78.5 Å². The molecule has 4 nitrogen and oxygen atoms in total. The number of rotatable bonds is 5. The monoisotopic (exact) mass is 350 g/mol. The predicted octanol–water partition coefficient (Wildman–Crippen LogP) is 4.17. The number of amides is 1. The van der Waals surface area contributed by atoms with Crippen molar-refractivity contribution in [3.8, 4) is 0 Å². The molecule has 0 spiro atoms. The zero-order chi connectivity index (χ0) is 18.4. The van der Waals surface area contributed by atoms with Crippen LogP contribution in [0.1, 0.15) is 30.0 Å². The molecule has 0 saturated carbocycles. The van der Waals surface area contributed by atoms with Crippen LogP contribution in [0, 0.1) is 5.82 Å². The van der Waals surface area contributed by atoms with Gasteiger partial charge < -0.3 is 0 Å². The average molecular weight is 350 g/mol. The first-order chi connectivity index (χ1) is 12.7. The lowest BCUT2D eigenvalue weighted by Crippen LogP contribution is -2.22. The van der Waals surface area contributed by atoms with Gasteiger partial charge in [0.15, 0.2) is 0 Å². The van der Waals surface area contributed by atoms with Crippen molar-refractivity contribution in [1.29, 1.82) is 0 Å². The number of hydrogen-bond donors (Lipinski definition) is 2. The van der Waals surface area contributed by atoms with Gasteiger partial charge in [-0.1, -0.05) is 60.2 Å². The lowest BCUT2D eigenvalue weighted by molar-refractivity contribution is -0.129. The van der Waals surface area contributed by atoms with Gasteiger partial charge in [-0.05, 0) is 24.1 Å². The molecule has 0 radical (unpaired) electrons. The molecule has 1 aromatic carbocycles. The molecule has 1 aliphatic carbocycles. The molecule has 1 aliphatic rings. The summed E-state index contributed by atoms with van der Waals surface area (Å²) < 4.78 is 14.0. The van der Waals surface area contributed by atoms with Gasteiger partial charge in [0.25, 0.3) is 0 Å². The fraction of sp³-hybridized carbons (Fsp3) is 0.143. The number of hydroxylamine groups is 1. The Morgan fingerprint density at radius 3 is 2.73 bits per heavy atom. The van der Waals surface area contributed by atoms with E-state index in [0.717, 1.165) is 11.1 Å². The van der Waals surface area contributed by atoms with Crippen LogP contribution < -0.4 is 5.48 Å². The van der Waals surface area contributed by atoms with Crippen molar-refractivity contribution >= 4 is 11.5 Å². The van der Waals surface area contributed by atoms with E-state index in [1.165, 1.54) is 6.07 Å². The molecule has 132 valence electrons. The Bertz CT molecular complexity index is 873. The fourth-order valence-corrected chi connectivity index (χ4v) is 3.04. The molecule has 0 bridgehead atoms. The molecule has 1 amide bonds. The Hall–Kier alpha value is -3.05. The van der Waals surface area contributed by atoms with E-state index in [1.54, 1.807) is 17.7 Å². The van der Waals surface area contributed by atoms with Crippen LogP contribution in [0.2, 0.25) is 0 Å². The number of pyridine rings is 1. The molecule has 0 saturated heterocycles. The Labute approximate surface area is 151 Å². The third-order valence-electron chi connectivity index (χ3n) is 4.32. The minimum absolute atomic E-state index is 0.126. The Morgan fingerprint density at radius 2 is 2.00 bits per heavy atom. The lowest BCUT2D eigenvalue weighted by Gasteiger charge is -2.19. The maximum Gasteiger partial charge on any atom is 0.244 e. The van der Waals surface area contributed by atoms with Crippen molar-refractivity contribution in [1.82, 2.24) is 10.5 Å². The summed E-state index contributed by atoms with van der Waals surface area (Å²) in [5, 5.41) is 8.91. The third-order valence-corrected chi connectivity index (χ3v) is 4.32. The van der Waals surface area contributed by atoms with Crippen molar-refractivity contribution in [2.24, 2.45) is 0 Å². The van der Waals surface area contributed by atoms with Crippen LogP contribution in [0.5, 0.6) is 0 Å². The van der Waals surface area contributed by atoms with E-state index in [2.05, 4.69) is 4.98 Å². The minimum atomic E-state index is -0.451. The highest BCUT2D eigenvalue weighted by molar-refractivity contribution is 5.77. The number of hydrogen-bond acceptors (Lipinski definition) is 3. The van der Waals surface area contributed by atoms with Gasteiger partial charge in [0, 0.05) is 24.1 Å². The van der Waals surface area contributed by atoms with Crippen LogP contribution in [0.3, 0.4) is 0 Å². The number of carbonyl (C=O) groups is 1. The van der Waals surface area contributed by atoms with Crippen molar-refractivity contribution < 1.29 is 14.4 Å². The van der Waals surface area contributed by atoms with E-state index in [-0.39, 0.29) is 18.2 Å². The van der Waals surface area contributed by atoms with Crippen molar-refractivity contribution in [3.63, 3.8) is 0 Å². The predicted molar refractivity (Wildman–Crippen MR) is 97.7 cm³/mol. The van der Waals surface area contributed by atoms with Gasteiger partial charge >= 0.3 is 0 Å². The van der Waals surface area contributed by atoms with Gasteiger partial charge in [0.1, 0.15) is 11.5 Å². The standard InChI is InChI=1S/C21H19FN2O2/c22-19-10-5-13-23-21(19)17-9-4-8-16(11-12-17)18(14-20(25)24-26)15-6-2-1-3-7-15/h1-7,9-13,18,26H,8,14H2,(H,24,25). The number of nitrogens with zero attached hydrogens (tertiary/aromatic N) is 1. The minimum Gasteiger partial charge on any atom is -0.289 e. The first kappa shape index (κ1) is 17.8. The van der Waals surface area contributed by atoms with E-state index in [4.69, 9.17) is 5.21 Å².